The highest BCUT2D eigenvalue weighted by molar-refractivity contribution is 6.33. The Kier molecular flexibility index (Phi) is 4.06. The van der Waals surface area contributed by atoms with Crippen LogP contribution < -0.4 is 11.1 Å². The van der Waals surface area contributed by atoms with Crippen LogP contribution in [-0.4, -0.2) is 17.6 Å². The van der Waals surface area contributed by atoms with Crippen molar-refractivity contribution in [3.05, 3.63) is 28.8 Å². The van der Waals surface area contributed by atoms with Gasteiger partial charge in [-0.05, 0) is 18.2 Å². The summed E-state index contributed by atoms with van der Waals surface area (Å²) < 4.78 is 37.0. The molecule has 0 saturated heterocycles. The van der Waals surface area contributed by atoms with Crippen LogP contribution in [0, 0.1) is 0 Å². The number of hydrogen-bond acceptors (Lipinski definition) is 3. The van der Waals surface area contributed by atoms with E-state index >= 15 is 0 Å². The van der Waals surface area contributed by atoms with Crippen molar-refractivity contribution in [3.8, 4) is 0 Å². The highest BCUT2D eigenvalue weighted by Crippen LogP contribution is 2.33. The van der Waals surface area contributed by atoms with Gasteiger partial charge in [0.1, 0.15) is 0 Å². The van der Waals surface area contributed by atoms with Gasteiger partial charge < -0.3 is 16.3 Å². The topological polar surface area (TPSA) is 70.6 Å². The Labute approximate surface area is 99.9 Å². The minimum Gasteiger partial charge on any atom is -0.409 e. The van der Waals surface area contributed by atoms with Crippen LogP contribution in [0.15, 0.2) is 23.4 Å². The van der Waals surface area contributed by atoms with Crippen LogP contribution in [0.5, 0.6) is 0 Å². The fourth-order valence-electron chi connectivity index (χ4n) is 1.06. The molecule has 0 aliphatic carbocycles. The maximum Gasteiger partial charge on any atom is 0.416 e. The summed E-state index contributed by atoms with van der Waals surface area (Å²) in [6.07, 6.45) is -4.44. The first-order valence-electron chi connectivity index (χ1n) is 4.41. The quantitative estimate of drug-likeness (QED) is 0.341. The summed E-state index contributed by atoms with van der Waals surface area (Å²) in [5.74, 6) is -0.110. The number of rotatable bonds is 3. The predicted molar refractivity (Wildman–Crippen MR) is 58.4 cm³/mol. The van der Waals surface area contributed by atoms with Crippen LogP contribution in [0.4, 0.5) is 18.9 Å². The van der Waals surface area contributed by atoms with Crippen LogP contribution >= 0.6 is 11.6 Å². The predicted octanol–water partition coefficient (Wildman–Crippen LogP) is 2.52. The number of amidine groups is 1. The average Bonchev–Trinajstić information content (AvgIpc) is 2.25. The molecule has 0 saturated carbocycles. The Morgan fingerprint density at radius 2 is 2.12 bits per heavy atom. The molecular formula is C9H9ClF3N3O. The van der Waals surface area contributed by atoms with Gasteiger partial charge in [0.25, 0.3) is 0 Å². The maximum absolute atomic E-state index is 12.3. The lowest BCUT2D eigenvalue weighted by Crippen LogP contribution is -2.22. The highest BCUT2D eigenvalue weighted by Gasteiger charge is 2.30. The molecule has 0 unspecified atom stereocenters. The molecule has 94 valence electrons. The number of halogens is 4. The molecule has 0 aromatic heterocycles. The van der Waals surface area contributed by atoms with Crippen molar-refractivity contribution < 1.29 is 18.4 Å². The molecule has 1 rings (SSSR count). The zero-order valence-corrected chi connectivity index (χ0v) is 9.18. The van der Waals surface area contributed by atoms with E-state index in [2.05, 4.69) is 10.5 Å². The second kappa shape index (κ2) is 5.13. The molecule has 4 N–H and O–H groups in total. The van der Waals surface area contributed by atoms with Crippen molar-refractivity contribution in [2.24, 2.45) is 10.9 Å². The van der Waals surface area contributed by atoms with E-state index in [0.717, 1.165) is 12.1 Å². The Morgan fingerprint density at radius 1 is 1.47 bits per heavy atom. The van der Waals surface area contributed by atoms with Gasteiger partial charge in [-0.2, -0.15) is 13.2 Å². The molecule has 17 heavy (non-hydrogen) atoms. The summed E-state index contributed by atoms with van der Waals surface area (Å²) in [5.41, 5.74) is 4.62. The first-order chi connectivity index (χ1) is 7.84. The summed E-state index contributed by atoms with van der Waals surface area (Å²) in [7, 11) is 0. The number of anilines is 1. The molecule has 4 nitrogen and oxygen atoms in total. The molecule has 1 aromatic rings. The molecule has 0 spiro atoms. The van der Waals surface area contributed by atoms with Gasteiger partial charge in [0, 0.05) is 0 Å². The summed E-state index contributed by atoms with van der Waals surface area (Å²) in [4.78, 5) is 0. The molecule has 0 heterocycles. The first kappa shape index (κ1) is 13.4. The Bertz CT molecular complexity index is 434. The third-order valence-corrected chi connectivity index (χ3v) is 2.20. The number of hydrogen-bond donors (Lipinski definition) is 3. The van der Waals surface area contributed by atoms with Crippen molar-refractivity contribution in [1.82, 2.24) is 0 Å². The van der Waals surface area contributed by atoms with Crippen molar-refractivity contribution in [3.63, 3.8) is 0 Å². The third-order valence-electron chi connectivity index (χ3n) is 1.88. The van der Waals surface area contributed by atoms with E-state index in [-0.39, 0.29) is 23.1 Å². The van der Waals surface area contributed by atoms with Crippen molar-refractivity contribution in [1.29, 1.82) is 0 Å². The van der Waals surface area contributed by atoms with E-state index in [1.54, 1.807) is 0 Å². The third kappa shape index (κ3) is 3.70. The van der Waals surface area contributed by atoms with Gasteiger partial charge in [-0.25, -0.2) is 0 Å². The summed E-state index contributed by atoms with van der Waals surface area (Å²) in [6, 6.07) is 2.87. The van der Waals surface area contributed by atoms with Crippen LogP contribution in [0.2, 0.25) is 5.02 Å². The zero-order chi connectivity index (χ0) is 13.1. The minimum atomic E-state index is -4.44. The molecule has 0 atom stereocenters. The van der Waals surface area contributed by atoms with Crippen LogP contribution in [0.25, 0.3) is 0 Å². The van der Waals surface area contributed by atoms with E-state index < -0.39 is 11.7 Å². The molecule has 0 radical (unpaired) electrons. The Hall–Kier alpha value is -1.63. The average molecular weight is 268 g/mol. The van der Waals surface area contributed by atoms with Gasteiger partial charge in [0.2, 0.25) is 0 Å². The maximum atomic E-state index is 12.3. The van der Waals surface area contributed by atoms with Crippen molar-refractivity contribution in [2.45, 2.75) is 6.18 Å². The molecule has 0 aliphatic heterocycles. The van der Waals surface area contributed by atoms with Gasteiger partial charge in [-0.1, -0.05) is 16.8 Å². The summed E-state index contributed by atoms with van der Waals surface area (Å²) >= 11 is 5.66. The standard InChI is InChI=1S/C9H9ClF3N3O/c10-6-3-5(9(11,12)13)1-2-7(6)15-4-8(14)16-17/h1-3,15,17H,4H2,(H2,14,16). The van der Waals surface area contributed by atoms with E-state index in [0.29, 0.717) is 0 Å². The minimum absolute atomic E-state index is 0.0262. The lowest BCUT2D eigenvalue weighted by Gasteiger charge is -2.11. The molecule has 8 heteroatoms. The smallest absolute Gasteiger partial charge is 0.409 e. The van der Waals surface area contributed by atoms with Crippen LogP contribution in [0.3, 0.4) is 0 Å². The van der Waals surface area contributed by atoms with Crippen molar-refractivity contribution >= 4 is 23.1 Å². The number of nitrogens with two attached hydrogens (primary N) is 1. The second-order valence-electron chi connectivity index (χ2n) is 3.14. The number of alkyl halides is 3. The lowest BCUT2D eigenvalue weighted by atomic mass is 10.2. The Balaban J connectivity index is 2.84. The van der Waals surface area contributed by atoms with Crippen LogP contribution in [0.1, 0.15) is 5.56 Å². The van der Waals surface area contributed by atoms with Crippen molar-refractivity contribution in [2.75, 3.05) is 11.9 Å². The first-order valence-corrected chi connectivity index (χ1v) is 4.79. The zero-order valence-electron chi connectivity index (χ0n) is 8.42. The fourth-order valence-corrected chi connectivity index (χ4v) is 1.30. The lowest BCUT2D eigenvalue weighted by molar-refractivity contribution is -0.137. The Morgan fingerprint density at radius 3 is 2.59 bits per heavy atom. The number of benzene rings is 1. The molecular weight excluding hydrogens is 259 g/mol. The molecule has 0 aliphatic rings. The van der Waals surface area contributed by atoms with E-state index in [1.165, 1.54) is 6.07 Å². The van der Waals surface area contributed by atoms with Gasteiger partial charge in [0.05, 0.1) is 22.8 Å². The number of oxime groups is 1. The summed E-state index contributed by atoms with van der Waals surface area (Å²) in [5, 5.41) is 13.5. The molecule has 0 bridgehead atoms. The molecule has 0 fully saturated rings. The second-order valence-corrected chi connectivity index (χ2v) is 3.54. The summed E-state index contributed by atoms with van der Waals surface area (Å²) in [6.45, 7) is -0.0262. The SMILES string of the molecule is N/C(CNc1ccc(C(F)(F)F)cc1Cl)=N\O. The van der Waals surface area contributed by atoms with Gasteiger partial charge in [-0.15, -0.1) is 0 Å². The van der Waals surface area contributed by atoms with Crippen LogP contribution in [-0.2, 0) is 6.18 Å². The fraction of sp³-hybridized carbons (Fsp3) is 0.222. The number of nitrogens with one attached hydrogen (secondary N) is 1. The van der Waals surface area contributed by atoms with E-state index in [4.69, 9.17) is 22.5 Å². The highest BCUT2D eigenvalue weighted by atomic mass is 35.5. The van der Waals surface area contributed by atoms with Gasteiger partial charge in [-0.3, -0.25) is 0 Å². The number of nitrogens with zero attached hydrogens (tertiary/aromatic N) is 1. The van der Waals surface area contributed by atoms with E-state index in [9.17, 15) is 13.2 Å². The monoisotopic (exact) mass is 267 g/mol. The van der Waals surface area contributed by atoms with E-state index in [1.807, 2.05) is 0 Å². The van der Waals surface area contributed by atoms with Gasteiger partial charge in [0.15, 0.2) is 5.84 Å². The molecule has 1 aromatic carbocycles. The molecule has 0 amide bonds. The van der Waals surface area contributed by atoms with Gasteiger partial charge >= 0.3 is 6.18 Å². The normalized spacial score (nSPS) is 12.6. The largest absolute Gasteiger partial charge is 0.416 e.